The summed E-state index contributed by atoms with van der Waals surface area (Å²) >= 11 is 6.22. The van der Waals surface area contributed by atoms with Gasteiger partial charge in [-0.2, -0.15) is 0 Å². The molecule has 0 atom stereocenters. The van der Waals surface area contributed by atoms with E-state index in [2.05, 4.69) is 39.4 Å². The molecule has 6 nitrogen and oxygen atoms in total. The van der Waals surface area contributed by atoms with E-state index in [1.807, 2.05) is 61.2 Å². The van der Waals surface area contributed by atoms with E-state index in [1.54, 1.807) is 0 Å². The Kier molecular flexibility index (Phi) is 6.55. The molecule has 1 amide bonds. The lowest BCUT2D eigenvalue weighted by Crippen LogP contribution is -2.50. The number of amides is 1. The number of fused-ring (bicyclic) bond motifs is 1. The minimum absolute atomic E-state index is 0.0139. The SMILES string of the molecule is Cc1cc(OCC(=O)N2CCN(c3ccc(-c4cccc5ccccc45)nn3)CC2)cc(C)c1Cl. The maximum Gasteiger partial charge on any atom is 0.260 e. The van der Waals surface area contributed by atoms with Crippen LogP contribution in [0.3, 0.4) is 0 Å². The molecule has 5 rings (SSSR count). The van der Waals surface area contributed by atoms with Crippen molar-refractivity contribution in [2.24, 2.45) is 0 Å². The summed E-state index contributed by atoms with van der Waals surface area (Å²) in [4.78, 5) is 16.7. The molecule has 1 aromatic heterocycles. The van der Waals surface area contributed by atoms with Crippen molar-refractivity contribution in [1.29, 1.82) is 0 Å². The second-order valence-electron chi connectivity index (χ2n) is 8.83. The van der Waals surface area contributed by atoms with Crippen LogP contribution in [0.2, 0.25) is 5.02 Å². The first-order chi connectivity index (χ1) is 17.0. The normalized spacial score (nSPS) is 13.8. The molecule has 1 saturated heterocycles. The topological polar surface area (TPSA) is 58.6 Å². The summed E-state index contributed by atoms with van der Waals surface area (Å²) in [6.07, 6.45) is 0. The second-order valence-corrected chi connectivity index (χ2v) is 9.21. The maximum absolute atomic E-state index is 12.7. The quantitative estimate of drug-likeness (QED) is 0.383. The lowest BCUT2D eigenvalue weighted by molar-refractivity contribution is -0.133. The molecule has 3 aromatic carbocycles. The van der Waals surface area contributed by atoms with Crippen molar-refractivity contribution in [3.63, 3.8) is 0 Å². The standard InChI is InChI=1S/C28H27ClN4O2/c1-19-16-22(17-20(2)28(19)29)35-18-27(34)33-14-12-32(13-15-33)26-11-10-25(30-31-26)24-9-5-7-21-6-3-4-8-23(21)24/h3-11,16-17H,12-15,18H2,1-2H3. The van der Waals surface area contributed by atoms with Gasteiger partial charge in [-0.25, -0.2) is 0 Å². The summed E-state index contributed by atoms with van der Waals surface area (Å²) in [5, 5.41) is 12.1. The lowest BCUT2D eigenvalue weighted by Gasteiger charge is -2.35. The summed E-state index contributed by atoms with van der Waals surface area (Å²) in [7, 11) is 0. The predicted molar refractivity (Wildman–Crippen MR) is 140 cm³/mol. The van der Waals surface area contributed by atoms with E-state index in [1.165, 1.54) is 5.39 Å². The number of aryl methyl sites for hydroxylation is 2. The Labute approximate surface area is 210 Å². The minimum Gasteiger partial charge on any atom is -0.484 e. The number of anilines is 1. The summed E-state index contributed by atoms with van der Waals surface area (Å²) in [5.41, 5.74) is 3.80. The Hall–Kier alpha value is -3.64. The van der Waals surface area contributed by atoms with Crippen molar-refractivity contribution in [1.82, 2.24) is 15.1 Å². The van der Waals surface area contributed by atoms with E-state index in [-0.39, 0.29) is 12.5 Å². The zero-order chi connectivity index (χ0) is 24.4. The fourth-order valence-corrected chi connectivity index (χ4v) is 4.61. The van der Waals surface area contributed by atoms with Crippen LogP contribution in [0.4, 0.5) is 5.82 Å². The molecule has 35 heavy (non-hydrogen) atoms. The molecule has 1 fully saturated rings. The number of benzene rings is 3. The highest BCUT2D eigenvalue weighted by Crippen LogP contribution is 2.28. The largest absolute Gasteiger partial charge is 0.484 e. The van der Waals surface area contributed by atoms with Gasteiger partial charge >= 0.3 is 0 Å². The third kappa shape index (κ3) is 4.93. The smallest absolute Gasteiger partial charge is 0.260 e. The first-order valence-electron chi connectivity index (χ1n) is 11.7. The van der Waals surface area contributed by atoms with Gasteiger partial charge < -0.3 is 14.5 Å². The van der Waals surface area contributed by atoms with E-state index in [9.17, 15) is 4.79 Å². The Morgan fingerprint density at radius 3 is 2.34 bits per heavy atom. The molecule has 0 bridgehead atoms. The van der Waals surface area contributed by atoms with Crippen LogP contribution in [0.15, 0.2) is 66.7 Å². The number of aromatic nitrogens is 2. The van der Waals surface area contributed by atoms with Crippen LogP contribution in [-0.4, -0.2) is 53.8 Å². The molecule has 1 aliphatic rings. The van der Waals surface area contributed by atoms with Gasteiger partial charge in [0.1, 0.15) is 5.75 Å². The summed E-state index contributed by atoms with van der Waals surface area (Å²) < 4.78 is 5.75. The Bertz CT molecular complexity index is 1340. The Morgan fingerprint density at radius 2 is 1.63 bits per heavy atom. The molecular weight excluding hydrogens is 460 g/mol. The summed E-state index contributed by atoms with van der Waals surface area (Å²) in [5.74, 6) is 1.47. The highest BCUT2D eigenvalue weighted by atomic mass is 35.5. The van der Waals surface area contributed by atoms with Crippen molar-refractivity contribution < 1.29 is 9.53 Å². The number of hydrogen-bond acceptors (Lipinski definition) is 5. The van der Waals surface area contributed by atoms with Crippen LogP contribution in [0.5, 0.6) is 5.75 Å². The minimum atomic E-state index is -0.0210. The summed E-state index contributed by atoms with van der Waals surface area (Å²) in [6.45, 7) is 6.52. The van der Waals surface area contributed by atoms with E-state index in [0.717, 1.165) is 38.6 Å². The van der Waals surface area contributed by atoms with Crippen molar-refractivity contribution in [2.45, 2.75) is 13.8 Å². The predicted octanol–water partition coefficient (Wildman–Crippen LogP) is 5.29. The third-order valence-electron chi connectivity index (χ3n) is 6.44. The van der Waals surface area contributed by atoms with Gasteiger partial charge in [0, 0.05) is 36.8 Å². The zero-order valence-corrected chi connectivity index (χ0v) is 20.6. The average Bonchev–Trinajstić information content (AvgIpc) is 2.90. The van der Waals surface area contributed by atoms with Gasteiger partial charge in [-0.3, -0.25) is 4.79 Å². The van der Waals surface area contributed by atoms with E-state index >= 15 is 0 Å². The van der Waals surface area contributed by atoms with Crippen LogP contribution in [0.1, 0.15) is 11.1 Å². The number of ether oxygens (including phenoxy) is 1. The molecule has 0 unspecified atom stereocenters. The fraction of sp³-hybridized carbons (Fsp3) is 0.250. The summed E-state index contributed by atoms with van der Waals surface area (Å²) in [6, 6.07) is 22.3. The molecule has 0 spiro atoms. The number of nitrogens with zero attached hydrogens (tertiary/aromatic N) is 4. The monoisotopic (exact) mass is 486 g/mol. The number of hydrogen-bond donors (Lipinski definition) is 0. The first-order valence-corrected chi connectivity index (χ1v) is 12.1. The molecule has 1 aliphatic heterocycles. The maximum atomic E-state index is 12.7. The van der Waals surface area contributed by atoms with Crippen molar-refractivity contribution >= 4 is 34.1 Å². The van der Waals surface area contributed by atoms with Crippen LogP contribution < -0.4 is 9.64 Å². The lowest BCUT2D eigenvalue weighted by atomic mass is 10.0. The van der Waals surface area contributed by atoms with Crippen LogP contribution in [0.25, 0.3) is 22.0 Å². The molecular formula is C28H27ClN4O2. The molecule has 7 heteroatoms. The third-order valence-corrected chi connectivity index (χ3v) is 7.04. The number of rotatable bonds is 5. The van der Waals surface area contributed by atoms with Gasteiger partial charge in [0.05, 0.1) is 5.69 Å². The fourth-order valence-electron chi connectivity index (χ4n) is 4.50. The van der Waals surface area contributed by atoms with Gasteiger partial charge in [-0.1, -0.05) is 54.1 Å². The number of carbonyl (C=O) groups is 1. The van der Waals surface area contributed by atoms with Crippen LogP contribution in [-0.2, 0) is 4.79 Å². The highest BCUT2D eigenvalue weighted by molar-refractivity contribution is 6.32. The number of halogens is 1. The molecule has 0 radical (unpaired) electrons. The molecule has 0 aliphatic carbocycles. The van der Waals surface area contributed by atoms with Gasteiger partial charge in [0.25, 0.3) is 5.91 Å². The number of carbonyl (C=O) groups excluding carboxylic acids is 1. The number of piperazine rings is 1. The second kappa shape index (κ2) is 9.92. The van der Waals surface area contributed by atoms with Crippen molar-refractivity contribution in [2.75, 3.05) is 37.7 Å². The Morgan fingerprint density at radius 1 is 0.914 bits per heavy atom. The molecule has 2 heterocycles. The molecule has 0 saturated carbocycles. The average molecular weight is 487 g/mol. The van der Waals surface area contributed by atoms with E-state index in [0.29, 0.717) is 31.9 Å². The van der Waals surface area contributed by atoms with Gasteiger partial charge in [0.2, 0.25) is 0 Å². The molecule has 178 valence electrons. The van der Waals surface area contributed by atoms with E-state index < -0.39 is 0 Å². The van der Waals surface area contributed by atoms with Crippen molar-refractivity contribution in [3.8, 4) is 17.0 Å². The van der Waals surface area contributed by atoms with Gasteiger partial charge in [0.15, 0.2) is 12.4 Å². The van der Waals surface area contributed by atoms with E-state index in [4.69, 9.17) is 16.3 Å². The Balaban J connectivity index is 1.18. The van der Waals surface area contributed by atoms with Crippen LogP contribution in [0, 0.1) is 13.8 Å². The first kappa shape index (κ1) is 23.1. The van der Waals surface area contributed by atoms with Crippen molar-refractivity contribution in [3.05, 3.63) is 82.9 Å². The van der Waals surface area contributed by atoms with Crippen LogP contribution >= 0.6 is 11.6 Å². The van der Waals surface area contributed by atoms with Gasteiger partial charge in [-0.15, -0.1) is 10.2 Å². The van der Waals surface area contributed by atoms with Gasteiger partial charge in [-0.05, 0) is 60.0 Å². The molecule has 0 N–H and O–H groups in total. The zero-order valence-electron chi connectivity index (χ0n) is 19.9. The molecule has 4 aromatic rings. The highest BCUT2D eigenvalue weighted by Gasteiger charge is 2.22.